The van der Waals surface area contributed by atoms with Crippen molar-refractivity contribution in [2.75, 3.05) is 18.8 Å². The molecule has 1 aliphatic heterocycles. The molecule has 0 atom stereocenters. The van der Waals surface area contributed by atoms with Crippen molar-refractivity contribution in [1.82, 2.24) is 4.90 Å². The number of nitrogens with zero attached hydrogens (tertiary/aromatic N) is 1. The van der Waals surface area contributed by atoms with Crippen LogP contribution in [-0.4, -0.2) is 34.4 Å². The predicted molar refractivity (Wildman–Crippen MR) is 48.8 cm³/mol. The van der Waals surface area contributed by atoms with E-state index in [0.717, 1.165) is 12.3 Å². The Morgan fingerprint density at radius 3 is 2.45 bits per heavy atom. The molecule has 0 bridgehead atoms. The van der Waals surface area contributed by atoms with Crippen LogP contribution < -0.4 is 0 Å². The lowest BCUT2D eigenvalue weighted by atomic mass is 10.1. The smallest absolute Gasteiger partial charge is 0.202 e. The minimum Gasteiger partial charge on any atom is -0.290 e. The molecule has 0 saturated carbocycles. The SMILES string of the molecule is CC(C)(C)N1CCSC(=O)C1. The molecule has 11 heavy (non-hydrogen) atoms. The molecule has 1 aliphatic rings. The lowest BCUT2D eigenvalue weighted by Gasteiger charge is -2.37. The van der Waals surface area contributed by atoms with Gasteiger partial charge in [-0.05, 0) is 20.8 Å². The topological polar surface area (TPSA) is 20.3 Å². The van der Waals surface area contributed by atoms with Gasteiger partial charge in [-0.1, -0.05) is 11.8 Å². The molecule has 0 unspecified atom stereocenters. The molecule has 64 valence electrons. The minimum atomic E-state index is 0.149. The van der Waals surface area contributed by atoms with Gasteiger partial charge >= 0.3 is 0 Å². The molecule has 1 saturated heterocycles. The summed E-state index contributed by atoms with van der Waals surface area (Å²) >= 11 is 1.46. The quantitative estimate of drug-likeness (QED) is 0.551. The monoisotopic (exact) mass is 173 g/mol. The lowest BCUT2D eigenvalue weighted by molar-refractivity contribution is -0.113. The number of carbonyl (C=O) groups excluding carboxylic acids is 1. The Bertz CT molecular complexity index is 162. The van der Waals surface area contributed by atoms with E-state index in [1.807, 2.05) is 0 Å². The van der Waals surface area contributed by atoms with E-state index in [1.54, 1.807) is 0 Å². The van der Waals surface area contributed by atoms with E-state index in [4.69, 9.17) is 0 Å². The molecular formula is C8H15NOS. The minimum absolute atomic E-state index is 0.149. The van der Waals surface area contributed by atoms with Crippen LogP contribution in [-0.2, 0) is 4.79 Å². The van der Waals surface area contributed by atoms with Gasteiger partial charge in [0.05, 0.1) is 6.54 Å². The first-order valence-electron chi connectivity index (χ1n) is 3.91. The molecule has 0 spiro atoms. The molecule has 1 rings (SSSR count). The molecule has 0 N–H and O–H groups in total. The highest BCUT2D eigenvalue weighted by atomic mass is 32.2. The molecule has 1 heterocycles. The Morgan fingerprint density at radius 1 is 1.45 bits per heavy atom. The van der Waals surface area contributed by atoms with Crippen molar-refractivity contribution < 1.29 is 4.79 Å². The van der Waals surface area contributed by atoms with Crippen LogP contribution in [0.15, 0.2) is 0 Å². The third-order valence-corrected chi connectivity index (χ3v) is 2.73. The summed E-state index contributed by atoms with van der Waals surface area (Å²) in [5, 5.41) is 0.311. The van der Waals surface area contributed by atoms with Gasteiger partial charge in [0.2, 0.25) is 5.12 Å². The number of hydrogen-bond donors (Lipinski definition) is 0. The zero-order valence-electron chi connectivity index (χ0n) is 7.39. The maximum absolute atomic E-state index is 11.0. The van der Waals surface area contributed by atoms with Crippen LogP contribution in [0.3, 0.4) is 0 Å². The Kier molecular flexibility index (Phi) is 2.60. The maximum Gasteiger partial charge on any atom is 0.202 e. The average Bonchev–Trinajstić information content (AvgIpc) is 1.86. The van der Waals surface area contributed by atoms with Gasteiger partial charge in [0.1, 0.15) is 0 Å². The van der Waals surface area contributed by atoms with Crippen molar-refractivity contribution in [3.63, 3.8) is 0 Å². The maximum atomic E-state index is 11.0. The number of thioether (sulfide) groups is 1. The molecule has 1 fully saturated rings. The number of carbonyl (C=O) groups is 1. The summed E-state index contributed by atoms with van der Waals surface area (Å²) in [6, 6.07) is 0. The highest BCUT2D eigenvalue weighted by Gasteiger charge is 2.26. The first-order valence-corrected chi connectivity index (χ1v) is 4.89. The second-order valence-corrected chi connectivity index (χ2v) is 4.97. The van der Waals surface area contributed by atoms with Gasteiger partial charge in [-0.15, -0.1) is 0 Å². The second kappa shape index (κ2) is 3.15. The van der Waals surface area contributed by atoms with Crippen LogP contribution >= 0.6 is 11.8 Å². The van der Waals surface area contributed by atoms with Crippen molar-refractivity contribution in [3.05, 3.63) is 0 Å². The molecule has 0 aromatic carbocycles. The van der Waals surface area contributed by atoms with Gasteiger partial charge in [-0.3, -0.25) is 9.69 Å². The van der Waals surface area contributed by atoms with E-state index in [-0.39, 0.29) is 5.54 Å². The van der Waals surface area contributed by atoms with Crippen LogP contribution in [0.25, 0.3) is 0 Å². The van der Waals surface area contributed by atoms with Gasteiger partial charge in [0.15, 0.2) is 0 Å². The molecule has 3 heteroatoms. The fourth-order valence-electron chi connectivity index (χ4n) is 1.12. The van der Waals surface area contributed by atoms with Crippen LogP contribution in [0.2, 0.25) is 0 Å². The molecule has 0 aromatic rings. The Balaban J connectivity index is 2.53. The fraction of sp³-hybridized carbons (Fsp3) is 0.875. The summed E-state index contributed by atoms with van der Waals surface area (Å²) in [4.78, 5) is 13.3. The van der Waals surface area contributed by atoms with Crippen molar-refractivity contribution in [2.24, 2.45) is 0 Å². The first-order chi connectivity index (χ1) is 5.00. The van der Waals surface area contributed by atoms with Crippen molar-refractivity contribution >= 4 is 16.9 Å². The van der Waals surface area contributed by atoms with Crippen LogP contribution in [0.5, 0.6) is 0 Å². The lowest BCUT2D eigenvalue weighted by Crippen LogP contribution is -2.47. The molecule has 0 aliphatic carbocycles. The molecule has 0 amide bonds. The summed E-state index contributed by atoms with van der Waals surface area (Å²) in [5.41, 5.74) is 0.149. The zero-order chi connectivity index (χ0) is 8.48. The fourth-order valence-corrected chi connectivity index (χ4v) is 1.91. The Morgan fingerprint density at radius 2 is 2.09 bits per heavy atom. The van der Waals surface area contributed by atoms with E-state index in [1.165, 1.54) is 11.8 Å². The summed E-state index contributed by atoms with van der Waals surface area (Å²) < 4.78 is 0. The highest BCUT2D eigenvalue weighted by Crippen LogP contribution is 2.19. The Labute approximate surface area is 72.3 Å². The third kappa shape index (κ3) is 2.49. The van der Waals surface area contributed by atoms with Gasteiger partial charge in [-0.25, -0.2) is 0 Å². The van der Waals surface area contributed by atoms with Gasteiger partial charge in [-0.2, -0.15) is 0 Å². The summed E-state index contributed by atoms with van der Waals surface area (Å²) in [5.74, 6) is 0.954. The number of hydrogen-bond acceptors (Lipinski definition) is 3. The van der Waals surface area contributed by atoms with Crippen molar-refractivity contribution in [3.8, 4) is 0 Å². The van der Waals surface area contributed by atoms with Gasteiger partial charge in [0, 0.05) is 17.8 Å². The van der Waals surface area contributed by atoms with Gasteiger partial charge in [0.25, 0.3) is 0 Å². The van der Waals surface area contributed by atoms with Crippen LogP contribution in [0, 0.1) is 0 Å². The van der Waals surface area contributed by atoms with E-state index in [9.17, 15) is 4.79 Å². The van der Waals surface area contributed by atoms with Crippen molar-refractivity contribution in [1.29, 1.82) is 0 Å². The van der Waals surface area contributed by atoms with E-state index in [0.29, 0.717) is 11.7 Å². The predicted octanol–water partition coefficient (Wildman–Crippen LogP) is 1.36. The largest absolute Gasteiger partial charge is 0.290 e. The summed E-state index contributed by atoms with van der Waals surface area (Å²) in [6.45, 7) is 8.11. The summed E-state index contributed by atoms with van der Waals surface area (Å²) in [7, 11) is 0. The second-order valence-electron chi connectivity index (χ2n) is 3.81. The zero-order valence-corrected chi connectivity index (χ0v) is 8.20. The van der Waals surface area contributed by atoms with Crippen molar-refractivity contribution in [2.45, 2.75) is 26.3 Å². The average molecular weight is 173 g/mol. The van der Waals surface area contributed by atoms with E-state index >= 15 is 0 Å². The van der Waals surface area contributed by atoms with Crippen LogP contribution in [0.1, 0.15) is 20.8 Å². The van der Waals surface area contributed by atoms with E-state index in [2.05, 4.69) is 25.7 Å². The Hall–Kier alpha value is -0.0200. The molecule has 2 nitrogen and oxygen atoms in total. The number of rotatable bonds is 0. The summed E-state index contributed by atoms with van der Waals surface area (Å²) in [6.07, 6.45) is 0. The first kappa shape index (κ1) is 9.07. The highest BCUT2D eigenvalue weighted by molar-refractivity contribution is 8.13. The molecule has 0 radical (unpaired) electrons. The third-order valence-electron chi connectivity index (χ3n) is 1.89. The van der Waals surface area contributed by atoms with Gasteiger partial charge < -0.3 is 0 Å². The van der Waals surface area contributed by atoms with Crippen LogP contribution in [0.4, 0.5) is 0 Å². The van der Waals surface area contributed by atoms with E-state index < -0.39 is 0 Å². The molecular weight excluding hydrogens is 158 g/mol. The molecule has 0 aromatic heterocycles. The normalized spacial score (nSPS) is 22.3. The standard InChI is InChI=1S/C8H15NOS/c1-8(2,3)9-4-5-11-7(10)6-9/h4-6H2,1-3H3.